The van der Waals surface area contributed by atoms with E-state index in [4.69, 9.17) is 26.3 Å². The second-order valence-corrected chi connectivity index (χ2v) is 8.82. The van der Waals surface area contributed by atoms with Crippen molar-refractivity contribution in [2.24, 2.45) is 0 Å². The summed E-state index contributed by atoms with van der Waals surface area (Å²) in [6.07, 6.45) is 5.08. The van der Waals surface area contributed by atoms with Gasteiger partial charge in [0.2, 0.25) is 11.9 Å². The molecule has 0 bridgehead atoms. The van der Waals surface area contributed by atoms with E-state index < -0.39 is 0 Å². The van der Waals surface area contributed by atoms with Gasteiger partial charge in [0.15, 0.2) is 0 Å². The number of hydrogen-bond acceptors (Lipinski definition) is 6. The van der Waals surface area contributed by atoms with E-state index in [2.05, 4.69) is 22.4 Å². The first-order chi connectivity index (χ1) is 16.9. The standard InChI is InChI=1S/C26H25ClN6O2/c1-16(34)32(2)25-20-11-10-19(17-7-5-4-6-8-17)24(20)30-26(31-25)29-18-9-12-21(22(13-18)35-3)33-14-23(27)28-15-33/h4-9,12-15,19H,10-11H2,1-3H3,(H,29,30,31). The van der Waals surface area contributed by atoms with Gasteiger partial charge in [-0.25, -0.2) is 9.97 Å². The molecule has 1 aliphatic rings. The molecule has 0 saturated carbocycles. The zero-order valence-corrected chi connectivity index (χ0v) is 20.5. The van der Waals surface area contributed by atoms with Crippen LogP contribution in [0.4, 0.5) is 17.5 Å². The Bertz CT molecular complexity index is 1390. The molecule has 9 heteroatoms. The lowest BCUT2D eigenvalue weighted by molar-refractivity contribution is -0.116. The molecule has 0 radical (unpaired) electrons. The van der Waals surface area contributed by atoms with E-state index in [-0.39, 0.29) is 11.8 Å². The summed E-state index contributed by atoms with van der Waals surface area (Å²) in [5.74, 6) is 1.77. The molecule has 4 aromatic rings. The molecule has 1 unspecified atom stereocenters. The molecular formula is C26H25ClN6O2. The molecule has 2 aromatic carbocycles. The largest absolute Gasteiger partial charge is 0.494 e. The Morgan fingerprint density at radius 1 is 1.20 bits per heavy atom. The fourth-order valence-electron chi connectivity index (χ4n) is 4.46. The predicted octanol–water partition coefficient (Wildman–Crippen LogP) is 5.13. The van der Waals surface area contributed by atoms with E-state index in [0.29, 0.717) is 22.7 Å². The van der Waals surface area contributed by atoms with Crippen molar-refractivity contribution in [1.82, 2.24) is 19.5 Å². The SMILES string of the molecule is COc1cc(Nc2nc3c(c(N(C)C(C)=O)n2)CCC3c2ccccc2)ccc1-n1cnc(Cl)c1. The average Bonchev–Trinajstić information content (AvgIpc) is 3.49. The van der Waals surface area contributed by atoms with E-state index in [0.717, 1.165) is 35.5 Å². The molecule has 178 valence electrons. The number of benzene rings is 2. The van der Waals surface area contributed by atoms with Crippen LogP contribution in [0.25, 0.3) is 5.69 Å². The molecule has 2 heterocycles. The molecule has 35 heavy (non-hydrogen) atoms. The fraction of sp³-hybridized carbons (Fsp3) is 0.231. The average molecular weight is 489 g/mol. The van der Waals surface area contributed by atoms with Crippen molar-refractivity contribution in [1.29, 1.82) is 0 Å². The van der Waals surface area contributed by atoms with Crippen molar-refractivity contribution in [2.75, 3.05) is 24.4 Å². The number of carbonyl (C=O) groups is 1. The molecule has 0 aliphatic heterocycles. The van der Waals surface area contributed by atoms with Gasteiger partial charge < -0.3 is 14.6 Å². The summed E-state index contributed by atoms with van der Waals surface area (Å²) in [5.41, 5.74) is 4.73. The number of rotatable bonds is 6. The lowest BCUT2D eigenvalue weighted by Gasteiger charge is -2.20. The molecule has 1 amide bonds. The van der Waals surface area contributed by atoms with Gasteiger partial charge in [-0.15, -0.1) is 0 Å². The highest BCUT2D eigenvalue weighted by Gasteiger charge is 2.31. The van der Waals surface area contributed by atoms with Gasteiger partial charge in [-0.05, 0) is 30.5 Å². The number of methoxy groups -OCH3 is 1. The number of aromatic nitrogens is 4. The highest BCUT2D eigenvalue weighted by atomic mass is 35.5. The van der Waals surface area contributed by atoms with Crippen LogP contribution in [0, 0.1) is 0 Å². The zero-order chi connectivity index (χ0) is 24.5. The Morgan fingerprint density at radius 3 is 2.69 bits per heavy atom. The number of hydrogen-bond donors (Lipinski definition) is 1. The van der Waals surface area contributed by atoms with Crippen LogP contribution in [0.15, 0.2) is 61.1 Å². The van der Waals surface area contributed by atoms with Crippen LogP contribution in [0.5, 0.6) is 5.75 Å². The Hall–Kier alpha value is -3.91. The number of halogens is 1. The van der Waals surface area contributed by atoms with Crippen molar-refractivity contribution in [3.8, 4) is 11.4 Å². The normalized spacial score (nSPS) is 14.5. The lowest BCUT2D eigenvalue weighted by atomic mass is 9.97. The van der Waals surface area contributed by atoms with Crippen LogP contribution in [0.3, 0.4) is 0 Å². The predicted molar refractivity (Wildman–Crippen MR) is 136 cm³/mol. The van der Waals surface area contributed by atoms with Gasteiger partial charge in [0, 0.05) is 43.4 Å². The number of amides is 1. The fourth-order valence-corrected chi connectivity index (χ4v) is 4.61. The summed E-state index contributed by atoms with van der Waals surface area (Å²) in [6, 6.07) is 16.0. The van der Waals surface area contributed by atoms with Gasteiger partial charge in [-0.1, -0.05) is 41.9 Å². The van der Waals surface area contributed by atoms with Crippen molar-refractivity contribution in [3.05, 3.63) is 83.0 Å². The minimum atomic E-state index is -0.0787. The van der Waals surface area contributed by atoms with Gasteiger partial charge in [-0.3, -0.25) is 9.69 Å². The van der Waals surface area contributed by atoms with E-state index in [9.17, 15) is 4.79 Å². The highest BCUT2D eigenvalue weighted by molar-refractivity contribution is 6.29. The first-order valence-electron chi connectivity index (χ1n) is 11.3. The maximum Gasteiger partial charge on any atom is 0.229 e. The summed E-state index contributed by atoms with van der Waals surface area (Å²) in [5, 5.41) is 3.71. The topological polar surface area (TPSA) is 85.2 Å². The van der Waals surface area contributed by atoms with E-state index >= 15 is 0 Å². The summed E-state index contributed by atoms with van der Waals surface area (Å²) in [6.45, 7) is 1.54. The van der Waals surface area contributed by atoms with Gasteiger partial charge in [0.05, 0.1) is 18.5 Å². The van der Waals surface area contributed by atoms with Crippen LogP contribution in [0.1, 0.15) is 36.1 Å². The van der Waals surface area contributed by atoms with Crippen molar-refractivity contribution in [3.63, 3.8) is 0 Å². The molecule has 2 aromatic heterocycles. The van der Waals surface area contributed by atoms with E-state index in [1.54, 1.807) is 36.1 Å². The Kier molecular flexibility index (Phi) is 6.13. The molecule has 0 fully saturated rings. The van der Waals surface area contributed by atoms with Gasteiger partial charge in [0.25, 0.3) is 0 Å². The Balaban J connectivity index is 1.54. The maximum absolute atomic E-state index is 12.2. The summed E-state index contributed by atoms with van der Waals surface area (Å²) in [7, 11) is 3.36. The number of ether oxygens (including phenoxy) is 1. The third-order valence-electron chi connectivity index (χ3n) is 6.29. The van der Waals surface area contributed by atoms with Crippen LogP contribution < -0.4 is 15.0 Å². The van der Waals surface area contributed by atoms with Crippen LogP contribution in [-0.2, 0) is 11.2 Å². The molecule has 1 aliphatic carbocycles. The summed E-state index contributed by atoms with van der Waals surface area (Å²) in [4.78, 5) is 27.5. The van der Waals surface area contributed by atoms with Gasteiger partial charge in [-0.2, -0.15) is 4.98 Å². The maximum atomic E-state index is 12.2. The van der Waals surface area contributed by atoms with Gasteiger partial charge in [0.1, 0.15) is 23.0 Å². The molecule has 1 N–H and O–H groups in total. The van der Waals surface area contributed by atoms with Crippen molar-refractivity contribution in [2.45, 2.75) is 25.7 Å². The number of imidazole rings is 1. The van der Waals surface area contributed by atoms with E-state index in [1.165, 1.54) is 12.5 Å². The number of nitrogens with zero attached hydrogens (tertiary/aromatic N) is 5. The van der Waals surface area contributed by atoms with Crippen molar-refractivity contribution < 1.29 is 9.53 Å². The molecule has 1 atom stereocenters. The highest BCUT2D eigenvalue weighted by Crippen LogP contribution is 2.41. The third-order valence-corrected chi connectivity index (χ3v) is 6.48. The van der Waals surface area contributed by atoms with Crippen LogP contribution in [0.2, 0.25) is 5.15 Å². The first kappa shape index (κ1) is 22.9. The Labute approximate surface area is 208 Å². The summed E-state index contributed by atoms with van der Waals surface area (Å²) >= 11 is 5.98. The Morgan fingerprint density at radius 2 is 2.00 bits per heavy atom. The quantitative estimate of drug-likeness (QED) is 0.405. The molecule has 0 spiro atoms. The minimum Gasteiger partial charge on any atom is -0.494 e. The molecule has 8 nitrogen and oxygen atoms in total. The second-order valence-electron chi connectivity index (χ2n) is 8.43. The second kappa shape index (κ2) is 9.38. The van der Waals surface area contributed by atoms with Gasteiger partial charge >= 0.3 is 0 Å². The summed E-state index contributed by atoms with van der Waals surface area (Å²) < 4.78 is 7.40. The number of nitrogens with one attached hydrogen (secondary N) is 1. The molecular weight excluding hydrogens is 464 g/mol. The number of fused-ring (bicyclic) bond motifs is 1. The molecule has 5 rings (SSSR count). The zero-order valence-electron chi connectivity index (χ0n) is 19.7. The van der Waals surface area contributed by atoms with Crippen molar-refractivity contribution >= 4 is 35.0 Å². The van der Waals surface area contributed by atoms with Crippen LogP contribution >= 0.6 is 11.6 Å². The van der Waals surface area contributed by atoms with Crippen LogP contribution in [-0.4, -0.2) is 39.6 Å². The minimum absolute atomic E-state index is 0.0787. The monoisotopic (exact) mass is 488 g/mol. The number of carbonyl (C=O) groups excluding carboxylic acids is 1. The first-order valence-corrected chi connectivity index (χ1v) is 11.7. The molecule has 0 saturated heterocycles. The lowest BCUT2D eigenvalue weighted by Crippen LogP contribution is -2.26. The number of anilines is 3. The smallest absolute Gasteiger partial charge is 0.229 e. The van der Waals surface area contributed by atoms with E-state index in [1.807, 2.05) is 36.4 Å². The third kappa shape index (κ3) is 4.44.